The first-order valence-electron chi connectivity index (χ1n) is 9.25. The highest BCUT2D eigenvalue weighted by atomic mass is 32.1. The highest BCUT2D eigenvalue weighted by Gasteiger charge is 2.28. The van der Waals surface area contributed by atoms with Crippen LogP contribution in [0.4, 0.5) is 0 Å². The number of ketones is 2. The van der Waals surface area contributed by atoms with Crippen LogP contribution in [0.15, 0.2) is 12.1 Å². The van der Waals surface area contributed by atoms with E-state index < -0.39 is 5.97 Å². The molecule has 1 aliphatic rings. The number of aromatic nitrogens is 1. The van der Waals surface area contributed by atoms with Crippen molar-refractivity contribution in [3.05, 3.63) is 44.4 Å². The summed E-state index contributed by atoms with van der Waals surface area (Å²) < 4.78 is 7.31. The van der Waals surface area contributed by atoms with Crippen LogP contribution in [0, 0.1) is 27.7 Å². The summed E-state index contributed by atoms with van der Waals surface area (Å²) in [6.07, 6.45) is 2.38. The lowest BCUT2D eigenvalue weighted by atomic mass is 10.1. The van der Waals surface area contributed by atoms with Crippen LogP contribution in [0.1, 0.15) is 73.6 Å². The summed E-state index contributed by atoms with van der Waals surface area (Å²) in [6.45, 7) is 7.51. The van der Waals surface area contributed by atoms with Crippen molar-refractivity contribution < 1.29 is 19.1 Å². The molecule has 6 heteroatoms. The van der Waals surface area contributed by atoms with Crippen LogP contribution in [-0.2, 0) is 9.53 Å². The molecule has 0 amide bonds. The molecule has 0 unspecified atom stereocenters. The van der Waals surface area contributed by atoms with E-state index in [0.717, 1.165) is 34.0 Å². The monoisotopic (exact) mass is 387 g/mol. The Balaban J connectivity index is 1.50. The zero-order chi connectivity index (χ0) is 19.7. The Morgan fingerprint density at radius 3 is 2.33 bits per heavy atom. The molecule has 0 atom stereocenters. The van der Waals surface area contributed by atoms with Gasteiger partial charge in [-0.05, 0) is 52.7 Å². The van der Waals surface area contributed by atoms with Crippen molar-refractivity contribution in [3.8, 4) is 0 Å². The van der Waals surface area contributed by atoms with Crippen LogP contribution in [0.5, 0.6) is 0 Å². The normalized spacial score (nSPS) is 13.6. The second-order valence-corrected chi connectivity index (χ2v) is 8.68. The van der Waals surface area contributed by atoms with E-state index in [9.17, 15) is 14.4 Å². The zero-order valence-electron chi connectivity index (χ0n) is 16.3. The van der Waals surface area contributed by atoms with Crippen molar-refractivity contribution in [1.82, 2.24) is 4.57 Å². The van der Waals surface area contributed by atoms with Crippen molar-refractivity contribution in [2.45, 2.75) is 59.4 Å². The Labute approximate surface area is 163 Å². The maximum atomic E-state index is 12.4. The van der Waals surface area contributed by atoms with Crippen molar-refractivity contribution in [2.24, 2.45) is 0 Å². The van der Waals surface area contributed by atoms with E-state index in [1.54, 1.807) is 11.3 Å². The number of thiophene rings is 1. The number of esters is 1. The Kier molecular flexibility index (Phi) is 5.65. The number of rotatable bonds is 8. The number of ether oxygens (including phenoxy) is 1. The van der Waals surface area contributed by atoms with E-state index in [1.807, 2.05) is 39.8 Å². The Bertz CT molecular complexity index is 902. The molecule has 1 fully saturated rings. The predicted octanol–water partition coefficient (Wildman–Crippen LogP) is 4.51. The molecule has 1 saturated carbocycles. The second kappa shape index (κ2) is 7.80. The maximum Gasteiger partial charge on any atom is 0.306 e. The lowest BCUT2D eigenvalue weighted by Crippen LogP contribution is -2.15. The highest BCUT2D eigenvalue weighted by Crippen LogP contribution is 2.38. The van der Waals surface area contributed by atoms with Gasteiger partial charge in [0.15, 0.2) is 12.4 Å². The molecule has 0 spiro atoms. The van der Waals surface area contributed by atoms with E-state index in [-0.39, 0.29) is 31.0 Å². The first kappa shape index (κ1) is 19.5. The molecule has 0 radical (unpaired) electrons. The minimum Gasteiger partial charge on any atom is -0.457 e. The number of hydrogen-bond acceptors (Lipinski definition) is 5. The quantitative estimate of drug-likeness (QED) is 0.494. The third-order valence-electron chi connectivity index (χ3n) is 4.96. The van der Waals surface area contributed by atoms with E-state index in [0.29, 0.717) is 17.2 Å². The number of aryl methyl sites for hydroxylation is 3. The average molecular weight is 388 g/mol. The largest absolute Gasteiger partial charge is 0.457 e. The van der Waals surface area contributed by atoms with Crippen LogP contribution in [0.25, 0.3) is 0 Å². The molecule has 144 valence electrons. The molecular weight excluding hydrogens is 362 g/mol. The van der Waals surface area contributed by atoms with Gasteiger partial charge < -0.3 is 9.30 Å². The number of carbonyl (C=O) groups excluding carboxylic acids is 3. The van der Waals surface area contributed by atoms with Crippen LogP contribution < -0.4 is 0 Å². The van der Waals surface area contributed by atoms with E-state index in [4.69, 9.17) is 4.74 Å². The standard InChI is InChI=1S/C21H25NO4S/c1-12-9-17(14(3)22(12)16-5-6-16)20(24)11-26-21(25)8-7-19(23)18-10-13(2)27-15(18)4/h9-10,16H,5-8,11H2,1-4H3. The fraction of sp³-hybridized carbons (Fsp3) is 0.476. The Morgan fingerprint density at radius 2 is 1.74 bits per heavy atom. The second-order valence-electron chi connectivity index (χ2n) is 7.22. The zero-order valence-corrected chi connectivity index (χ0v) is 17.1. The molecule has 2 heterocycles. The van der Waals surface area contributed by atoms with Gasteiger partial charge in [-0.15, -0.1) is 11.3 Å². The van der Waals surface area contributed by atoms with Crippen molar-refractivity contribution in [2.75, 3.05) is 6.61 Å². The van der Waals surface area contributed by atoms with Gasteiger partial charge in [-0.2, -0.15) is 0 Å². The van der Waals surface area contributed by atoms with Crippen LogP contribution >= 0.6 is 11.3 Å². The minimum absolute atomic E-state index is 0.0124. The van der Waals surface area contributed by atoms with Crippen LogP contribution in [-0.4, -0.2) is 28.7 Å². The summed E-state index contributed by atoms with van der Waals surface area (Å²) in [5.41, 5.74) is 3.30. The summed E-state index contributed by atoms with van der Waals surface area (Å²) in [4.78, 5) is 38.6. The molecule has 0 saturated heterocycles. The van der Waals surface area contributed by atoms with Gasteiger partial charge in [-0.3, -0.25) is 14.4 Å². The highest BCUT2D eigenvalue weighted by molar-refractivity contribution is 7.12. The third kappa shape index (κ3) is 4.38. The number of hydrogen-bond donors (Lipinski definition) is 0. The molecule has 0 N–H and O–H groups in total. The summed E-state index contributed by atoms with van der Waals surface area (Å²) in [7, 11) is 0. The molecule has 0 aliphatic heterocycles. The van der Waals surface area contributed by atoms with Gasteiger partial charge in [0.2, 0.25) is 5.78 Å². The van der Waals surface area contributed by atoms with Crippen LogP contribution in [0.2, 0.25) is 0 Å². The predicted molar refractivity (Wildman–Crippen MR) is 105 cm³/mol. The maximum absolute atomic E-state index is 12.4. The Morgan fingerprint density at radius 1 is 1.04 bits per heavy atom. The third-order valence-corrected chi connectivity index (χ3v) is 5.92. The smallest absolute Gasteiger partial charge is 0.306 e. The Hall–Kier alpha value is -2.21. The minimum atomic E-state index is -0.516. The summed E-state index contributed by atoms with van der Waals surface area (Å²) in [5, 5.41) is 0. The number of carbonyl (C=O) groups is 3. The molecule has 5 nitrogen and oxygen atoms in total. The van der Waals surface area contributed by atoms with Gasteiger partial charge in [-0.1, -0.05) is 0 Å². The molecule has 1 aliphatic carbocycles. The molecule has 2 aromatic rings. The molecule has 0 aromatic carbocycles. The fourth-order valence-electron chi connectivity index (χ4n) is 3.51. The van der Waals surface area contributed by atoms with Crippen molar-refractivity contribution >= 4 is 28.9 Å². The molecule has 0 bridgehead atoms. The molecular formula is C21H25NO4S. The lowest BCUT2D eigenvalue weighted by Gasteiger charge is -2.08. The first-order chi connectivity index (χ1) is 12.8. The molecule has 3 rings (SSSR count). The van der Waals surface area contributed by atoms with E-state index >= 15 is 0 Å². The van der Waals surface area contributed by atoms with E-state index in [1.165, 1.54) is 0 Å². The number of Topliss-reactive ketones (excluding diaryl/α,β-unsaturated/α-hetero) is 2. The van der Waals surface area contributed by atoms with Gasteiger partial charge in [0.1, 0.15) is 0 Å². The summed E-state index contributed by atoms with van der Waals surface area (Å²) in [5.74, 6) is -0.774. The van der Waals surface area contributed by atoms with Gasteiger partial charge in [0, 0.05) is 44.7 Å². The molecule has 27 heavy (non-hydrogen) atoms. The SMILES string of the molecule is Cc1cc(C(=O)CCC(=O)OCC(=O)c2cc(C)n(C3CC3)c2C)c(C)s1. The van der Waals surface area contributed by atoms with Crippen molar-refractivity contribution in [3.63, 3.8) is 0 Å². The van der Waals surface area contributed by atoms with Gasteiger partial charge in [0.05, 0.1) is 6.42 Å². The summed E-state index contributed by atoms with van der Waals surface area (Å²) >= 11 is 1.57. The topological polar surface area (TPSA) is 65.4 Å². The molecule has 2 aromatic heterocycles. The average Bonchev–Trinajstić information content (AvgIpc) is 3.32. The van der Waals surface area contributed by atoms with Crippen LogP contribution in [0.3, 0.4) is 0 Å². The fourth-order valence-corrected chi connectivity index (χ4v) is 4.45. The summed E-state index contributed by atoms with van der Waals surface area (Å²) in [6, 6.07) is 4.23. The first-order valence-corrected chi connectivity index (χ1v) is 10.1. The number of nitrogens with zero attached hydrogens (tertiary/aromatic N) is 1. The van der Waals surface area contributed by atoms with Gasteiger partial charge in [0.25, 0.3) is 0 Å². The lowest BCUT2D eigenvalue weighted by molar-refractivity contribution is -0.142. The van der Waals surface area contributed by atoms with Gasteiger partial charge >= 0.3 is 5.97 Å². The van der Waals surface area contributed by atoms with Gasteiger partial charge in [-0.25, -0.2) is 0 Å². The van der Waals surface area contributed by atoms with Crippen molar-refractivity contribution in [1.29, 1.82) is 0 Å². The van der Waals surface area contributed by atoms with E-state index in [2.05, 4.69) is 4.57 Å².